The van der Waals surface area contributed by atoms with E-state index in [1.807, 2.05) is 0 Å². The summed E-state index contributed by atoms with van der Waals surface area (Å²) in [5, 5.41) is 14.9. The molecule has 7 nitrogen and oxygen atoms in total. The van der Waals surface area contributed by atoms with Crippen LogP contribution in [-0.2, 0) is 5.41 Å². The highest BCUT2D eigenvalue weighted by atomic mass is 19.1. The van der Waals surface area contributed by atoms with Gasteiger partial charge >= 0.3 is 0 Å². The molecule has 0 saturated heterocycles. The Morgan fingerprint density at radius 1 is 1.28 bits per heavy atom. The number of aromatic nitrogens is 1. The summed E-state index contributed by atoms with van der Waals surface area (Å²) in [4.78, 5) is 20.8. The maximum Gasteiger partial charge on any atom is 0.251 e. The second-order valence-corrected chi connectivity index (χ2v) is 9.26. The normalized spacial score (nSPS) is 25.9. The van der Waals surface area contributed by atoms with Gasteiger partial charge in [0.2, 0.25) is 0 Å². The van der Waals surface area contributed by atoms with Crippen LogP contribution in [0.1, 0.15) is 47.3 Å². The van der Waals surface area contributed by atoms with Crippen molar-refractivity contribution < 1.29 is 23.1 Å². The fourth-order valence-electron chi connectivity index (χ4n) is 4.50. The van der Waals surface area contributed by atoms with Crippen molar-refractivity contribution in [1.29, 1.82) is 0 Å². The van der Waals surface area contributed by atoms with Gasteiger partial charge in [0, 0.05) is 40.6 Å². The Morgan fingerprint density at radius 3 is 2.67 bits per heavy atom. The van der Waals surface area contributed by atoms with E-state index < -0.39 is 29.3 Å². The summed E-state index contributed by atoms with van der Waals surface area (Å²) in [7, 11) is 0. The molecule has 1 aromatic heterocycles. The van der Waals surface area contributed by atoms with Gasteiger partial charge in [-0.2, -0.15) is 0 Å². The van der Waals surface area contributed by atoms with E-state index in [-0.39, 0.29) is 54.1 Å². The Morgan fingerprint density at radius 2 is 2.03 bits per heavy atom. The van der Waals surface area contributed by atoms with Crippen LogP contribution < -0.4 is 16.4 Å². The molecule has 0 aliphatic heterocycles. The quantitative estimate of drug-likeness (QED) is 0.253. The summed E-state index contributed by atoms with van der Waals surface area (Å²) in [6.45, 7) is 3.72. The summed E-state index contributed by atoms with van der Waals surface area (Å²) < 4.78 is 42.6. The van der Waals surface area contributed by atoms with Gasteiger partial charge in [0.15, 0.2) is 5.96 Å². The monoisotopic (exact) mass is 499 g/mol. The molecular weight excluding hydrogens is 471 g/mol. The SMILES string of the molecule is C=C/C(=C\NC(N)=NCC1(c2ncccc2F)CC(F)C1)c1cc(C(=O)NC2CC(O)C2)ccc1F. The molecule has 0 radical (unpaired) electrons. The minimum absolute atomic E-state index is 0.0251. The number of amides is 1. The number of aliphatic hydroxyl groups is 1. The minimum atomic E-state index is -1.06. The van der Waals surface area contributed by atoms with Gasteiger partial charge in [0.05, 0.1) is 18.3 Å². The van der Waals surface area contributed by atoms with Crippen molar-refractivity contribution in [3.05, 3.63) is 83.8 Å². The maximum absolute atomic E-state index is 14.6. The molecule has 36 heavy (non-hydrogen) atoms. The van der Waals surface area contributed by atoms with E-state index in [1.165, 1.54) is 48.8 Å². The van der Waals surface area contributed by atoms with E-state index in [9.17, 15) is 23.1 Å². The number of carbonyl (C=O) groups excluding carboxylic acids is 1. The maximum atomic E-state index is 14.6. The number of pyridine rings is 1. The van der Waals surface area contributed by atoms with E-state index in [0.717, 1.165) is 0 Å². The van der Waals surface area contributed by atoms with Crippen molar-refractivity contribution in [3.8, 4) is 0 Å². The second kappa shape index (κ2) is 10.5. The molecule has 1 amide bonds. The number of guanidine groups is 1. The third-order valence-corrected chi connectivity index (χ3v) is 6.62. The van der Waals surface area contributed by atoms with Crippen LogP contribution in [-0.4, -0.2) is 46.8 Å². The number of halogens is 3. The van der Waals surface area contributed by atoms with Gasteiger partial charge in [-0.15, -0.1) is 0 Å². The largest absolute Gasteiger partial charge is 0.393 e. The standard InChI is InChI=1S/C26H28F3N5O2/c1-2-15(20-8-16(5-6-21(20)28)24(36)34-18-9-19(35)10-18)13-32-25(30)33-14-26(11-17(27)12-26)23-22(29)4-3-7-31-23/h2-8,13,17-19,35H,1,9-12,14H2,(H,34,36)(H3,30,32,33)/b15-13+. The van der Waals surface area contributed by atoms with E-state index in [0.29, 0.717) is 18.4 Å². The van der Waals surface area contributed by atoms with E-state index in [1.54, 1.807) is 0 Å². The van der Waals surface area contributed by atoms with Gasteiger partial charge in [-0.3, -0.25) is 14.8 Å². The van der Waals surface area contributed by atoms with Crippen LogP contribution in [0.5, 0.6) is 0 Å². The Balaban J connectivity index is 1.46. The minimum Gasteiger partial charge on any atom is -0.393 e. The zero-order chi connectivity index (χ0) is 25.9. The topological polar surface area (TPSA) is 113 Å². The molecule has 0 unspecified atom stereocenters. The number of rotatable bonds is 8. The predicted molar refractivity (Wildman–Crippen MR) is 131 cm³/mol. The van der Waals surface area contributed by atoms with Crippen molar-refractivity contribution in [1.82, 2.24) is 15.6 Å². The van der Waals surface area contributed by atoms with Crippen LogP contribution in [0.3, 0.4) is 0 Å². The molecule has 2 aromatic rings. The highest BCUT2D eigenvalue weighted by Crippen LogP contribution is 2.45. The number of hydrogen-bond donors (Lipinski definition) is 4. The van der Waals surface area contributed by atoms with Gasteiger partial charge in [-0.1, -0.05) is 12.7 Å². The molecule has 0 bridgehead atoms. The number of allylic oxidation sites excluding steroid dienone is 2. The summed E-state index contributed by atoms with van der Waals surface area (Å²) in [5.74, 6) is -1.50. The van der Waals surface area contributed by atoms with E-state index in [4.69, 9.17) is 5.73 Å². The molecule has 1 aromatic carbocycles. The van der Waals surface area contributed by atoms with Crippen molar-refractivity contribution in [2.75, 3.05) is 6.54 Å². The lowest BCUT2D eigenvalue weighted by molar-refractivity contribution is 0.0562. The zero-order valence-corrected chi connectivity index (χ0v) is 19.6. The average molecular weight is 500 g/mol. The first-order valence-corrected chi connectivity index (χ1v) is 11.6. The van der Waals surface area contributed by atoms with Crippen LogP contribution >= 0.6 is 0 Å². The van der Waals surface area contributed by atoms with E-state index in [2.05, 4.69) is 27.2 Å². The molecule has 5 N–H and O–H groups in total. The van der Waals surface area contributed by atoms with Crippen LogP contribution in [0.2, 0.25) is 0 Å². The summed E-state index contributed by atoms with van der Waals surface area (Å²) in [5.41, 5.74) is 5.94. The van der Waals surface area contributed by atoms with Gasteiger partial charge in [0.25, 0.3) is 5.91 Å². The number of alkyl halides is 1. The number of nitrogens with one attached hydrogen (secondary N) is 2. The van der Waals surface area contributed by atoms with Crippen LogP contribution in [0, 0.1) is 11.6 Å². The number of aliphatic imine (C=N–C) groups is 1. The van der Waals surface area contributed by atoms with Crippen LogP contribution in [0.15, 0.2) is 60.4 Å². The number of aliphatic hydroxyl groups excluding tert-OH is 1. The summed E-state index contributed by atoms with van der Waals surface area (Å²) >= 11 is 0. The fourth-order valence-corrected chi connectivity index (χ4v) is 4.50. The molecule has 0 atom stereocenters. The first-order chi connectivity index (χ1) is 17.2. The lowest BCUT2D eigenvalue weighted by atomic mass is 9.65. The Labute approximate surface area is 207 Å². The molecular formula is C26H28F3N5O2. The molecule has 10 heteroatoms. The second-order valence-electron chi connectivity index (χ2n) is 9.26. The number of nitrogens with two attached hydrogens (primary N) is 1. The Kier molecular flexibility index (Phi) is 7.44. The van der Waals surface area contributed by atoms with Crippen molar-refractivity contribution in [2.24, 2.45) is 10.7 Å². The number of benzene rings is 1. The molecule has 2 aliphatic carbocycles. The Bertz CT molecular complexity index is 1200. The number of carbonyl (C=O) groups is 1. The number of nitrogens with zero attached hydrogens (tertiary/aromatic N) is 2. The molecule has 0 spiro atoms. The third-order valence-electron chi connectivity index (χ3n) is 6.62. The predicted octanol–water partition coefficient (Wildman–Crippen LogP) is 3.11. The van der Waals surface area contributed by atoms with Gasteiger partial charge in [-0.25, -0.2) is 13.2 Å². The van der Waals surface area contributed by atoms with Crippen molar-refractivity contribution in [3.63, 3.8) is 0 Å². The summed E-state index contributed by atoms with van der Waals surface area (Å²) in [6.07, 6.45) is 3.91. The van der Waals surface area contributed by atoms with Gasteiger partial charge < -0.3 is 21.5 Å². The third kappa shape index (κ3) is 5.43. The molecule has 1 heterocycles. The smallest absolute Gasteiger partial charge is 0.251 e. The zero-order valence-electron chi connectivity index (χ0n) is 19.6. The van der Waals surface area contributed by atoms with Gasteiger partial charge in [-0.05, 0) is 56.0 Å². The first-order valence-electron chi connectivity index (χ1n) is 11.6. The highest BCUT2D eigenvalue weighted by Gasteiger charge is 2.48. The molecule has 4 rings (SSSR count). The molecule has 2 aliphatic rings. The van der Waals surface area contributed by atoms with E-state index >= 15 is 0 Å². The number of hydrogen-bond acceptors (Lipinski definition) is 4. The van der Waals surface area contributed by atoms with Crippen LogP contribution in [0.25, 0.3) is 5.57 Å². The van der Waals surface area contributed by atoms with Crippen LogP contribution in [0.4, 0.5) is 13.2 Å². The highest BCUT2D eigenvalue weighted by molar-refractivity contribution is 5.95. The Hall–Kier alpha value is -3.66. The first kappa shape index (κ1) is 25.4. The summed E-state index contributed by atoms with van der Waals surface area (Å²) in [6, 6.07) is 6.59. The van der Waals surface area contributed by atoms with Gasteiger partial charge in [0.1, 0.15) is 17.8 Å². The molecule has 2 fully saturated rings. The lowest BCUT2D eigenvalue weighted by Crippen LogP contribution is -2.47. The molecule has 190 valence electrons. The lowest BCUT2D eigenvalue weighted by Gasteiger charge is -2.42. The fraction of sp³-hybridized carbons (Fsp3) is 0.346. The van der Waals surface area contributed by atoms with Crippen molar-refractivity contribution in [2.45, 2.75) is 49.4 Å². The average Bonchev–Trinajstić information content (AvgIpc) is 2.81. The molecule has 2 saturated carbocycles. The van der Waals surface area contributed by atoms with Crippen molar-refractivity contribution >= 4 is 17.4 Å².